The van der Waals surface area contributed by atoms with Crippen LogP contribution in [0.15, 0.2) is 30.3 Å². The Morgan fingerprint density at radius 3 is 2.50 bits per heavy atom. The summed E-state index contributed by atoms with van der Waals surface area (Å²) in [5.41, 5.74) is 0.864. The van der Waals surface area contributed by atoms with Gasteiger partial charge in [-0.1, -0.05) is 18.2 Å². The van der Waals surface area contributed by atoms with E-state index in [4.69, 9.17) is 4.74 Å². The topological polar surface area (TPSA) is 29.5 Å². The standard InChI is InChI=1S/C15H21NO2/c1-3-16(13-8-5-4-6-9-13)12-14(17)18-15(2)10-7-11-15/h4-6,8-9H,3,7,10-12H2,1-2H3. The summed E-state index contributed by atoms with van der Waals surface area (Å²) in [5, 5.41) is 0. The van der Waals surface area contributed by atoms with E-state index in [2.05, 4.69) is 0 Å². The SMILES string of the molecule is CCN(CC(=O)OC1(C)CCC1)c1ccccc1. The van der Waals surface area contributed by atoms with E-state index in [-0.39, 0.29) is 11.6 Å². The molecule has 0 atom stereocenters. The quantitative estimate of drug-likeness (QED) is 0.749. The maximum atomic E-state index is 11.9. The van der Waals surface area contributed by atoms with Gasteiger partial charge < -0.3 is 9.64 Å². The minimum Gasteiger partial charge on any atom is -0.458 e. The van der Waals surface area contributed by atoms with Crippen LogP contribution in [-0.2, 0) is 9.53 Å². The number of likely N-dealkylation sites (N-methyl/N-ethyl adjacent to an activating group) is 1. The highest BCUT2D eigenvalue weighted by molar-refractivity contribution is 5.76. The van der Waals surface area contributed by atoms with Crippen molar-refractivity contribution in [3.05, 3.63) is 30.3 Å². The second-order valence-electron chi connectivity index (χ2n) is 5.13. The first-order chi connectivity index (χ1) is 8.63. The van der Waals surface area contributed by atoms with Crippen molar-refractivity contribution in [2.45, 2.75) is 38.7 Å². The van der Waals surface area contributed by atoms with Crippen LogP contribution >= 0.6 is 0 Å². The number of para-hydroxylation sites is 1. The molecule has 0 unspecified atom stereocenters. The normalized spacial score (nSPS) is 16.8. The van der Waals surface area contributed by atoms with Crippen LogP contribution in [0.3, 0.4) is 0 Å². The van der Waals surface area contributed by atoms with Crippen molar-refractivity contribution in [1.29, 1.82) is 0 Å². The Balaban J connectivity index is 1.92. The fraction of sp³-hybridized carbons (Fsp3) is 0.533. The first-order valence-corrected chi connectivity index (χ1v) is 6.65. The highest BCUT2D eigenvalue weighted by Crippen LogP contribution is 2.35. The summed E-state index contributed by atoms with van der Waals surface area (Å²) in [7, 11) is 0. The van der Waals surface area contributed by atoms with Gasteiger partial charge in [-0.15, -0.1) is 0 Å². The van der Waals surface area contributed by atoms with Gasteiger partial charge >= 0.3 is 5.97 Å². The largest absolute Gasteiger partial charge is 0.458 e. The van der Waals surface area contributed by atoms with Crippen LogP contribution in [0.25, 0.3) is 0 Å². The molecule has 3 nitrogen and oxygen atoms in total. The lowest BCUT2D eigenvalue weighted by Crippen LogP contribution is -2.42. The van der Waals surface area contributed by atoms with E-state index >= 15 is 0 Å². The number of carbonyl (C=O) groups is 1. The van der Waals surface area contributed by atoms with Gasteiger partial charge in [0.1, 0.15) is 12.1 Å². The molecule has 0 bridgehead atoms. The average molecular weight is 247 g/mol. The van der Waals surface area contributed by atoms with Crippen LogP contribution < -0.4 is 4.90 Å². The van der Waals surface area contributed by atoms with Crippen molar-refractivity contribution in [1.82, 2.24) is 0 Å². The van der Waals surface area contributed by atoms with Crippen LogP contribution in [0.5, 0.6) is 0 Å². The summed E-state index contributed by atoms with van der Waals surface area (Å²) in [6.45, 7) is 5.20. The molecule has 1 fully saturated rings. The summed E-state index contributed by atoms with van der Waals surface area (Å²) >= 11 is 0. The lowest BCUT2D eigenvalue weighted by Gasteiger charge is -2.38. The van der Waals surface area contributed by atoms with Crippen molar-refractivity contribution in [3.8, 4) is 0 Å². The molecular formula is C15H21NO2. The van der Waals surface area contributed by atoms with Gasteiger partial charge in [0.05, 0.1) is 0 Å². The molecule has 1 aromatic rings. The molecule has 1 aromatic carbocycles. The zero-order valence-electron chi connectivity index (χ0n) is 11.2. The van der Waals surface area contributed by atoms with E-state index in [1.807, 2.05) is 49.1 Å². The highest BCUT2D eigenvalue weighted by atomic mass is 16.6. The zero-order chi connectivity index (χ0) is 13.0. The number of benzene rings is 1. The zero-order valence-corrected chi connectivity index (χ0v) is 11.2. The average Bonchev–Trinajstić information content (AvgIpc) is 2.35. The monoisotopic (exact) mass is 247 g/mol. The van der Waals surface area contributed by atoms with Gasteiger partial charge in [0.25, 0.3) is 0 Å². The Morgan fingerprint density at radius 1 is 1.33 bits per heavy atom. The van der Waals surface area contributed by atoms with Crippen molar-refractivity contribution in [3.63, 3.8) is 0 Å². The molecule has 18 heavy (non-hydrogen) atoms. The number of hydrogen-bond donors (Lipinski definition) is 0. The first-order valence-electron chi connectivity index (χ1n) is 6.65. The van der Waals surface area contributed by atoms with Crippen LogP contribution in [0.4, 0.5) is 5.69 Å². The molecule has 0 heterocycles. The maximum Gasteiger partial charge on any atom is 0.326 e. The second-order valence-corrected chi connectivity index (χ2v) is 5.13. The summed E-state index contributed by atoms with van der Waals surface area (Å²) in [5.74, 6) is -0.122. The third-order valence-electron chi connectivity index (χ3n) is 3.59. The predicted octanol–water partition coefficient (Wildman–Crippen LogP) is 3.00. The first kappa shape index (κ1) is 12.9. The number of ether oxygens (including phenoxy) is 1. The summed E-state index contributed by atoms with van der Waals surface area (Å²) in [4.78, 5) is 14.0. The molecular weight excluding hydrogens is 226 g/mol. The van der Waals surface area contributed by atoms with E-state index < -0.39 is 0 Å². The Labute approximate surface area is 109 Å². The van der Waals surface area contributed by atoms with Gasteiger partial charge in [0.2, 0.25) is 0 Å². The molecule has 0 aromatic heterocycles. The number of nitrogens with zero attached hydrogens (tertiary/aromatic N) is 1. The molecule has 0 radical (unpaired) electrons. The summed E-state index contributed by atoms with van der Waals surface area (Å²) in [6, 6.07) is 9.97. The Bertz CT molecular complexity index is 398. The molecule has 0 amide bonds. The van der Waals surface area contributed by atoms with Gasteiger partial charge in [-0.05, 0) is 45.2 Å². The molecule has 0 N–H and O–H groups in total. The van der Waals surface area contributed by atoms with Crippen molar-refractivity contribution in [2.24, 2.45) is 0 Å². The van der Waals surface area contributed by atoms with Crippen LogP contribution in [0.2, 0.25) is 0 Å². The highest BCUT2D eigenvalue weighted by Gasteiger charge is 2.35. The summed E-state index contributed by atoms with van der Waals surface area (Å²) < 4.78 is 5.55. The van der Waals surface area contributed by atoms with Crippen LogP contribution in [0, 0.1) is 0 Å². The lowest BCUT2D eigenvalue weighted by atomic mass is 9.82. The van der Waals surface area contributed by atoms with E-state index in [9.17, 15) is 4.79 Å². The van der Waals surface area contributed by atoms with E-state index in [0.717, 1.165) is 25.1 Å². The van der Waals surface area contributed by atoms with Crippen LogP contribution in [0.1, 0.15) is 33.1 Å². The summed E-state index contributed by atoms with van der Waals surface area (Å²) in [6.07, 6.45) is 3.16. The second kappa shape index (κ2) is 5.42. The van der Waals surface area contributed by atoms with Gasteiger partial charge in [0, 0.05) is 12.2 Å². The molecule has 1 aliphatic rings. The molecule has 0 saturated heterocycles. The smallest absolute Gasteiger partial charge is 0.326 e. The molecule has 98 valence electrons. The number of rotatable bonds is 5. The van der Waals surface area contributed by atoms with Gasteiger partial charge in [-0.2, -0.15) is 0 Å². The lowest BCUT2D eigenvalue weighted by molar-refractivity contribution is -0.164. The maximum absolute atomic E-state index is 11.9. The minimum atomic E-state index is -0.201. The molecule has 1 saturated carbocycles. The van der Waals surface area contributed by atoms with Crippen LogP contribution in [-0.4, -0.2) is 24.7 Å². The van der Waals surface area contributed by atoms with E-state index in [0.29, 0.717) is 6.54 Å². The number of esters is 1. The molecule has 0 aliphatic heterocycles. The van der Waals surface area contributed by atoms with Gasteiger partial charge in [-0.25, -0.2) is 0 Å². The van der Waals surface area contributed by atoms with Gasteiger partial charge in [0.15, 0.2) is 0 Å². The van der Waals surface area contributed by atoms with Crippen molar-refractivity contribution in [2.75, 3.05) is 18.0 Å². The van der Waals surface area contributed by atoms with E-state index in [1.165, 1.54) is 6.42 Å². The third-order valence-corrected chi connectivity index (χ3v) is 3.59. The van der Waals surface area contributed by atoms with E-state index in [1.54, 1.807) is 0 Å². The Kier molecular flexibility index (Phi) is 3.90. The fourth-order valence-electron chi connectivity index (χ4n) is 2.26. The fourth-order valence-corrected chi connectivity index (χ4v) is 2.26. The Morgan fingerprint density at radius 2 is 2.00 bits per heavy atom. The molecule has 0 spiro atoms. The molecule has 3 heteroatoms. The molecule has 2 rings (SSSR count). The number of hydrogen-bond acceptors (Lipinski definition) is 3. The predicted molar refractivity (Wildman–Crippen MR) is 72.7 cm³/mol. The van der Waals surface area contributed by atoms with Crippen molar-refractivity contribution >= 4 is 11.7 Å². The van der Waals surface area contributed by atoms with Crippen molar-refractivity contribution < 1.29 is 9.53 Å². The molecule has 1 aliphatic carbocycles. The minimum absolute atomic E-state index is 0.122. The van der Waals surface area contributed by atoms with Gasteiger partial charge in [-0.3, -0.25) is 4.79 Å². The Hall–Kier alpha value is -1.51. The third kappa shape index (κ3) is 3.03. The number of anilines is 1. The number of carbonyl (C=O) groups excluding carboxylic acids is 1.